The number of nitrogens with zero attached hydrogens (tertiary/aromatic N) is 3. The van der Waals surface area contributed by atoms with Crippen molar-refractivity contribution >= 4 is 17.0 Å². The molecule has 0 aliphatic heterocycles. The first kappa shape index (κ1) is 13.1. The molecule has 2 heterocycles. The first-order chi connectivity index (χ1) is 10.1. The number of aryl methyl sites for hydroxylation is 1. The summed E-state index contributed by atoms with van der Waals surface area (Å²) in [6.07, 6.45) is 0. The SMILES string of the molecule is Cn1nc(-c2ccccc2)c2ccc(OCC(=O)O)nc21. The number of aromatic nitrogens is 3. The van der Waals surface area contributed by atoms with Gasteiger partial charge in [-0.05, 0) is 6.07 Å². The Morgan fingerprint density at radius 3 is 2.71 bits per heavy atom. The van der Waals surface area contributed by atoms with Crippen LogP contribution in [-0.2, 0) is 11.8 Å². The molecule has 3 rings (SSSR count). The van der Waals surface area contributed by atoms with Crippen molar-refractivity contribution in [3.8, 4) is 17.1 Å². The van der Waals surface area contributed by atoms with E-state index in [1.807, 2.05) is 36.4 Å². The standard InChI is InChI=1S/C15H13N3O3/c1-18-15-11(7-8-12(16-15)21-9-13(19)20)14(17-18)10-5-3-2-4-6-10/h2-8H,9H2,1H3,(H,19,20). The Morgan fingerprint density at radius 1 is 1.24 bits per heavy atom. The predicted octanol–water partition coefficient (Wildman–Crippen LogP) is 2.10. The second-order valence-electron chi connectivity index (χ2n) is 4.54. The third kappa shape index (κ3) is 2.55. The smallest absolute Gasteiger partial charge is 0.341 e. The fourth-order valence-corrected chi connectivity index (χ4v) is 2.14. The Bertz CT molecular complexity index is 797. The maximum atomic E-state index is 10.5. The number of ether oxygens (including phenoxy) is 1. The normalized spacial score (nSPS) is 10.7. The molecule has 106 valence electrons. The number of rotatable bonds is 4. The van der Waals surface area contributed by atoms with Crippen LogP contribution in [0.3, 0.4) is 0 Å². The van der Waals surface area contributed by atoms with Crippen LogP contribution in [0.4, 0.5) is 0 Å². The van der Waals surface area contributed by atoms with Crippen LogP contribution in [0.25, 0.3) is 22.3 Å². The highest BCUT2D eigenvalue weighted by Gasteiger charge is 2.12. The molecule has 6 heteroatoms. The highest BCUT2D eigenvalue weighted by atomic mass is 16.5. The average Bonchev–Trinajstić information content (AvgIpc) is 2.83. The van der Waals surface area contributed by atoms with Gasteiger partial charge in [-0.3, -0.25) is 0 Å². The van der Waals surface area contributed by atoms with Gasteiger partial charge >= 0.3 is 5.97 Å². The minimum atomic E-state index is -1.04. The van der Waals surface area contributed by atoms with Gasteiger partial charge in [0.05, 0.1) is 0 Å². The zero-order valence-electron chi connectivity index (χ0n) is 11.4. The van der Waals surface area contributed by atoms with E-state index in [9.17, 15) is 4.79 Å². The molecule has 0 aliphatic carbocycles. The lowest BCUT2D eigenvalue weighted by Gasteiger charge is -2.02. The van der Waals surface area contributed by atoms with Crippen molar-refractivity contribution in [2.24, 2.45) is 7.05 Å². The first-order valence-electron chi connectivity index (χ1n) is 6.39. The van der Waals surface area contributed by atoms with Crippen LogP contribution >= 0.6 is 0 Å². The van der Waals surface area contributed by atoms with Gasteiger partial charge in [-0.15, -0.1) is 0 Å². The summed E-state index contributed by atoms with van der Waals surface area (Å²) in [5, 5.41) is 14.0. The van der Waals surface area contributed by atoms with E-state index in [0.29, 0.717) is 5.65 Å². The summed E-state index contributed by atoms with van der Waals surface area (Å²) in [7, 11) is 1.79. The van der Waals surface area contributed by atoms with Crippen LogP contribution in [0.2, 0.25) is 0 Å². The van der Waals surface area contributed by atoms with Crippen LogP contribution in [0.1, 0.15) is 0 Å². The van der Waals surface area contributed by atoms with Gasteiger partial charge in [0.2, 0.25) is 5.88 Å². The molecule has 0 spiro atoms. The zero-order chi connectivity index (χ0) is 14.8. The Labute approximate surface area is 120 Å². The molecule has 0 aliphatic rings. The van der Waals surface area contributed by atoms with E-state index in [2.05, 4.69) is 10.1 Å². The van der Waals surface area contributed by atoms with Crippen LogP contribution in [0.5, 0.6) is 5.88 Å². The third-order valence-electron chi connectivity index (χ3n) is 3.05. The summed E-state index contributed by atoms with van der Waals surface area (Å²) >= 11 is 0. The van der Waals surface area contributed by atoms with E-state index in [4.69, 9.17) is 9.84 Å². The maximum absolute atomic E-state index is 10.5. The fraction of sp³-hybridized carbons (Fsp3) is 0.133. The lowest BCUT2D eigenvalue weighted by Crippen LogP contribution is -2.10. The van der Waals surface area contributed by atoms with Crippen LogP contribution in [0.15, 0.2) is 42.5 Å². The minimum absolute atomic E-state index is 0.271. The number of carboxylic acid groups (broad SMARTS) is 1. The number of hydrogen-bond acceptors (Lipinski definition) is 4. The van der Waals surface area contributed by atoms with E-state index in [1.54, 1.807) is 17.8 Å². The highest BCUT2D eigenvalue weighted by molar-refractivity contribution is 5.91. The van der Waals surface area contributed by atoms with Gasteiger partial charge < -0.3 is 9.84 Å². The van der Waals surface area contributed by atoms with Crippen LogP contribution in [0, 0.1) is 0 Å². The van der Waals surface area contributed by atoms with Gasteiger partial charge in [-0.2, -0.15) is 10.1 Å². The molecule has 0 radical (unpaired) electrons. The molecule has 1 aromatic carbocycles. The van der Waals surface area contributed by atoms with Gasteiger partial charge in [0.1, 0.15) is 5.69 Å². The van der Waals surface area contributed by atoms with E-state index in [0.717, 1.165) is 16.6 Å². The summed E-state index contributed by atoms with van der Waals surface area (Å²) in [5.41, 5.74) is 2.49. The van der Waals surface area contributed by atoms with Crippen molar-refractivity contribution in [2.75, 3.05) is 6.61 Å². The molecule has 0 amide bonds. The molecule has 0 saturated heterocycles. The molecular weight excluding hydrogens is 270 g/mol. The Hall–Kier alpha value is -2.89. The van der Waals surface area contributed by atoms with Crippen molar-refractivity contribution < 1.29 is 14.6 Å². The van der Waals surface area contributed by atoms with E-state index in [-0.39, 0.29) is 5.88 Å². The number of hydrogen-bond donors (Lipinski definition) is 1. The van der Waals surface area contributed by atoms with Crippen molar-refractivity contribution in [3.05, 3.63) is 42.5 Å². The molecule has 0 bridgehead atoms. The van der Waals surface area contributed by atoms with E-state index in [1.165, 1.54) is 0 Å². The molecule has 0 unspecified atom stereocenters. The lowest BCUT2D eigenvalue weighted by molar-refractivity contribution is -0.139. The summed E-state index contributed by atoms with van der Waals surface area (Å²) in [6, 6.07) is 13.3. The Morgan fingerprint density at radius 2 is 2.00 bits per heavy atom. The second-order valence-corrected chi connectivity index (χ2v) is 4.54. The van der Waals surface area contributed by atoms with Gasteiger partial charge in [-0.25, -0.2) is 9.48 Å². The second kappa shape index (κ2) is 5.24. The molecule has 6 nitrogen and oxygen atoms in total. The van der Waals surface area contributed by atoms with E-state index >= 15 is 0 Å². The monoisotopic (exact) mass is 283 g/mol. The van der Waals surface area contributed by atoms with Crippen molar-refractivity contribution in [2.45, 2.75) is 0 Å². The Balaban J connectivity index is 2.04. The summed E-state index contributed by atoms with van der Waals surface area (Å²) in [4.78, 5) is 14.8. The number of pyridine rings is 1. The van der Waals surface area contributed by atoms with Gasteiger partial charge in [0, 0.05) is 24.1 Å². The topological polar surface area (TPSA) is 77.2 Å². The zero-order valence-corrected chi connectivity index (χ0v) is 11.4. The molecule has 21 heavy (non-hydrogen) atoms. The Kier molecular flexibility index (Phi) is 3.27. The largest absolute Gasteiger partial charge is 0.479 e. The van der Waals surface area contributed by atoms with Crippen LogP contribution < -0.4 is 4.74 Å². The van der Waals surface area contributed by atoms with E-state index < -0.39 is 12.6 Å². The van der Waals surface area contributed by atoms with Crippen LogP contribution in [-0.4, -0.2) is 32.4 Å². The average molecular weight is 283 g/mol. The molecule has 0 fully saturated rings. The number of aliphatic carboxylic acids is 1. The molecule has 3 aromatic rings. The van der Waals surface area contributed by atoms with Gasteiger partial charge in [0.25, 0.3) is 0 Å². The molecule has 0 atom stereocenters. The number of fused-ring (bicyclic) bond motifs is 1. The lowest BCUT2D eigenvalue weighted by atomic mass is 10.1. The highest BCUT2D eigenvalue weighted by Crippen LogP contribution is 2.27. The molecule has 0 saturated carbocycles. The molecule has 1 N–H and O–H groups in total. The number of benzene rings is 1. The van der Waals surface area contributed by atoms with Crippen molar-refractivity contribution in [3.63, 3.8) is 0 Å². The molecule has 2 aromatic heterocycles. The first-order valence-corrected chi connectivity index (χ1v) is 6.39. The minimum Gasteiger partial charge on any atom is -0.479 e. The van der Waals surface area contributed by atoms with Crippen molar-refractivity contribution in [1.29, 1.82) is 0 Å². The third-order valence-corrected chi connectivity index (χ3v) is 3.05. The predicted molar refractivity (Wildman–Crippen MR) is 77.1 cm³/mol. The number of carboxylic acids is 1. The van der Waals surface area contributed by atoms with Crippen molar-refractivity contribution in [1.82, 2.24) is 14.8 Å². The summed E-state index contributed by atoms with van der Waals surface area (Å²) in [6.45, 7) is -0.415. The molecular formula is C15H13N3O3. The summed E-state index contributed by atoms with van der Waals surface area (Å²) in [5.74, 6) is -0.764. The number of carbonyl (C=O) groups is 1. The van der Waals surface area contributed by atoms with Gasteiger partial charge in [-0.1, -0.05) is 30.3 Å². The van der Waals surface area contributed by atoms with Gasteiger partial charge in [0.15, 0.2) is 12.3 Å². The summed E-state index contributed by atoms with van der Waals surface area (Å²) < 4.78 is 6.75. The fourth-order valence-electron chi connectivity index (χ4n) is 2.14. The quantitative estimate of drug-likeness (QED) is 0.793. The maximum Gasteiger partial charge on any atom is 0.341 e.